The lowest BCUT2D eigenvalue weighted by Crippen LogP contribution is -2.20. The lowest BCUT2D eigenvalue weighted by atomic mass is 9.78. The molecule has 0 amide bonds. The van der Waals surface area contributed by atoms with Crippen LogP contribution in [0.2, 0.25) is 5.02 Å². The molecular formula is C12H16ClN. The number of hydrogen-bond donors (Lipinski definition) is 1. The summed E-state index contributed by atoms with van der Waals surface area (Å²) in [6.07, 6.45) is 0. The molecule has 0 unspecified atom stereocenters. The van der Waals surface area contributed by atoms with Gasteiger partial charge in [-0.15, -0.1) is 0 Å². The molecule has 1 nitrogen and oxygen atoms in total. The predicted octanol–water partition coefficient (Wildman–Crippen LogP) is 3.05. The third kappa shape index (κ3) is 1.79. The van der Waals surface area contributed by atoms with Crippen molar-refractivity contribution < 1.29 is 0 Å². The zero-order valence-electron chi connectivity index (χ0n) is 8.68. The molecule has 0 aliphatic carbocycles. The molecule has 2 heteroatoms. The molecule has 0 spiro atoms. The third-order valence-corrected chi connectivity index (χ3v) is 3.36. The molecule has 1 N–H and O–H groups in total. The van der Waals surface area contributed by atoms with Crippen LogP contribution in [0.15, 0.2) is 24.3 Å². The second-order valence-corrected chi connectivity index (χ2v) is 5.16. The lowest BCUT2D eigenvalue weighted by Gasteiger charge is -2.26. The summed E-state index contributed by atoms with van der Waals surface area (Å²) in [6, 6.07) is 8.22. The van der Waals surface area contributed by atoms with E-state index in [-0.39, 0.29) is 0 Å². The van der Waals surface area contributed by atoms with Gasteiger partial charge in [0, 0.05) is 24.0 Å². The van der Waals surface area contributed by atoms with Crippen LogP contribution in [0.3, 0.4) is 0 Å². The van der Waals surface area contributed by atoms with E-state index in [4.69, 9.17) is 11.6 Å². The van der Waals surface area contributed by atoms with Crippen LogP contribution in [0.4, 0.5) is 0 Å². The molecule has 1 aromatic rings. The van der Waals surface area contributed by atoms with Gasteiger partial charge in [0.2, 0.25) is 0 Å². The van der Waals surface area contributed by atoms with Crippen LogP contribution in [0.25, 0.3) is 0 Å². The highest BCUT2D eigenvalue weighted by Gasteiger charge is 2.35. The van der Waals surface area contributed by atoms with Gasteiger partial charge >= 0.3 is 0 Å². The minimum absolute atomic E-state index is 0.338. The van der Waals surface area contributed by atoms with Gasteiger partial charge in [0.25, 0.3) is 0 Å². The Morgan fingerprint density at radius 3 is 2.79 bits per heavy atom. The molecule has 76 valence electrons. The van der Waals surface area contributed by atoms with Gasteiger partial charge in [-0.25, -0.2) is 0 Å². The maximum absolute atomic E-state index is 6.00. The maximum atomic E-state index is 6.00. The average molecular weight is 210 g/mol. The Morgan fingerprint density at radius 1 is 1.43 bits per heavy atom. The van der Waals surface area contributed by atoms with E-state index < -0.39 is 0 Å². The Bertz CT molecular complexity index is 333. The van der Waals surface area contributed by atoms with Crippen LogP contribution in [0, 0.1) is 5.41 Å². The van der Waals surface area contributed by atoms with E-state index in [0.717, 1.165) is 18.1 Å². The summed E-state index contributed by atoms with van der Waals surface area (Å²) < 4.78 is 0. The molecule has 14 heavy (non-hydrogen) atoms. The summed E-state index contributed by atoms with van der Waals surface area (Å²) in [7, 11) is 0. The molecule has 1 atom stereocenters. The van der Waals surface area contributed by atoms with Gasteiger partial charge in [0.05, 0.1) is 0 Å². The number of halogens is 1. The molecule has 0 radical (unpaired) electrons. The molecule has 0 bridgehead atoms. The molecule has 1 aromatic carbocycles. The molecule has 1 fully saturated rings. The van der Waals surface area contributed by atoms with E-state index in [9.17, 15) is 0 Å². The van der Waals surface area contributed by atoms with Gasteiger partial charge in [-0.1, -0.05) is 37.6 Å². The topological polar surface area (TPSA) is 12.0 Å². The molecule has 1 aliphatic rings. The van der Waals surface area contributed by atoms with Crippen molar-refractivity contribution in [3.05, 3.63) is 34.9 Å². The maximum Gasteiger partial charge on any atom is 0.0408 e. The summed E-state index contributed by atoms with van der Waals surface area (Å²) in [5, 5.41) is 4.28. The van der Waals surface area contributed by atoms with Gasteiger partial charge in [0.15, 0.2) is 0 Å². The summed E-state index contributed by atoms with van der Waals surface area (Å²) in [5.74, 6) is 0.584. The normalized spacial score (nSPS) is 25.2. The number of benzene rings is 1. The van der Waals surface area contributed by atoms with Crippen molar-refractivity contribution in [2.24, 2.45) is 5.41 Å². The monoisotopic (exact) mass is 209 g/mol. The van der Waals surface area contributed by atoms with Gasteiger partial charge in [-0.3, -0.25) is 0 Å². The van der Waals surface area contributed by atoms with E-state index in [1.165, 1.54) is 5.56 Å². The van der Waals surface area contributed by atoms with Crippen molar-refractivity contribution in [2.75, 3.05) is 13.1 Å². The van der Waals surface area contributed by atoms with Crippen molar-refractivity contribution >= 4 is 11.6 Å². The van der Waals surface area contributed by atoms with E-state index >= 15 is 0 Å². The zero-order valence-corrected chi connectivity index (χ0v) is 9.43. The van der Waals surface area contributed by atoms with E-state index in [1.807, 2.05) is 12.1 Å². The number of hydrogen-bond acceptors (Lipinski definition) is 1. The predicted molar refractivity (Wildman–Crippen MR) is 60.8 cm³/mol. The van der Waals surface area contributed by atoms with Crippen molar-refractivity contribution in [1.82, 2.24) is 5.32 Å². The molecular weight excluding hydrogens is 194 g/mol. The summed E-state index contributed by atoms with van der Waals surface area (Å²) in [4.78, 5) is 0. The second kappa shape index (κ2) is 3.56. The summed E-state index contributed by atoms with van der Waals surface area (Å²) in [6.45, 7) is 6.76. The highest BCUT2D eigenvalue weighted by molar-refractivity contribution is 6.30. The Labute approximate surface area is 90.5 Å². The van der Waals surface area contributed by atoms with Crippen LogP contribution in [0.5, 0.6) is 0 Å². The smallest absolute Gasteiger partial charge is 0.0408 e. The van der Waals surface area contributed by atoms with Gasteiger partial charge < -0.3 is 5.32 Å². The highest BCUT2D eigenvalue weighted by atomic mass is 35.5. The van der Waals surface area contributed by atoms with Crippen LogP contribution in [0.1, 0.15) is 25.3 Å². The van der Waals surface area contributed by atoms with E-state index in [2.05, 4.69) is 31.3 Å². The Kier molecular flexibility index (Phi) is 2.54. The molecule has 1 aliphatic heterocycles. The van der Waals surface area contributed by atoms with Crippen molar-refractivity contribution in [3.63, 3.8) is 0 Å². The lowest BCUT2D eigenvalue weighted by molar-refractivity contribution is 0.363. The number of nitrogens with one attached hydrogen (secondary N) is 1. The largest absolute Gasteiger partial charge is 0.316 e. The first-order chi connectivity index (χ1) is 6.59. The fourth-order valence-electron chi connectivity index (χ4n) is 2.23. The van der Waals surface area contributed by atoms with Gasteiger partial charge in [0.1, 0.15) is 0 Å². The van der Waals surface area contributed by atoms with Crippen LogP contribution in [-0.4, -0.2) is 13.1 Å². The van der Waals surface area contributed by atoms with E-state index in [1.54, 1.807) is 0 Å². The summed E-state index contributed by atoms with van der Waals surface area (Å²) >= 11 is 6.00. The van der Waals surface area contributed by atoms with Crippen molar-refractivity contribution in [2.45, 2.75) is 19.8 Å². The first kappa shape index (κ1) is 10.0. The van der Waals surface area contributed by atoms with Crippen LogP contribution < -0.4 is 5.32 Å². The van der Waals surface area contributed by atoms with E-state index in [0.29, 0.717) is 11.3 Å². The molecule has 1 saturated heterocycles. The Hall–Kier alpha value is -0.530. The van der Waals surface area contributed by atoms with Crippen molar-refractivity contribution in [1.29, 1.82) is 0 Å². The first-order valence-electron chi connectivity index (χ1n) is 5.06. The van der Waals surface area contributed by atoms with Crippen molar-refractivity contribution in [3.8, 4) is 0 Å². The molecule has 2 rings (SSSR count). The highest BCUT2D eigenvalue weighted by Crippen LogP contribution is 2.38. The fourth-order valence-corrected chi connectivity index (χ4v) is 2.43. The van der Waals surface area contributed by atoms with Crippen LogP contribution >= 0.6 is 11.6 Å². The Balaban J connectivity index is 2.31. The van der Waals surface area contributed by atoms with Crippen LogP contribution in [-0.2, 0) is 0 Å². The fraction of sp³-hybridized carbons (Fsp3) is 0.500. The minimum atomic E-state index is 0.338. The summed E-state index contributed by atoms with van der Waals surface area (Å²) in [5.41, 5.74) is 1.69. The molecule has 0 aromatic heterocycles. The Morgan fingerprint density at radius 2 is 2.21 bits per heavy atom. The number of rotatable bonds is 1. The average Bonchev–Trinajstić information content (AvgIpc) is 2.45. The van der Waals surface area contributed by atoms with Gasteiger partial charge in [-0.2, -0.15) is 0 Å². The molecule has 1 heterocycles. The first-order valence-corrected chi connectivity index (χ1v) is 5.43. The SMILES string of the molecule is CC1(C)CNC[C@H]1c1cccc(Cl)c1. The molecule has 0 saturated carbocycles. The quantitative estimate of drug-likeness (QED) is 0.750. The van der Waals surface area contributed by atoms with Gasteiger partial charge in [-0.05, 0) is 23.1 Å². The minimum Gasteiger partial charge on any atom is -0.316 e. The zero-order chi connectivity index (χ0) is 10.2. The third-order valence-electron chi connectivity index (χ3n) is 3.12. The standard InChI is InChI=1S/C12H16ClN/c1-12(2)8-14-7-11(12)9-4-3-5-10(13)6-9/h3-6,11,14H,7-8H2,1-2H3/t11-/m0/s1. The second-order valence-electron chi connectivity index (χ2n) is 4.73.